The van der Waals surface area contributed by atoms with Gasteiger partial charge in [0.15, 0.2) is 22.2 Å². The summed E-state index contributed by atoms with van der Waals surface area (Å²) in [5.41, 5.74) is 0.862. The van der Waals surface area contributed by atoms with Gasteiger partial charge in [0.2, 0.25) is 5.91 Å². The molecule has 2 aromatic carbocycles. The lowest BCUT2D eigenvalue weighted by molar-refractivity contribution is -0.113. The number of hydrogen-bond acceptors (Lipinski definition) is 7. The van der Waals surface area contributed by atoms with Crippen LogP contribution in [0.25, 0.3) is 10.2 Å². The van der Waals surface area contributed by atoms with Gasteiger partial charge in [-0.3, -0.25) is 4.79 Å². The quantitative estimate of drug-likeness (QED) is 0.378. The highest BCUT2D eigenvalue weighted by Crippen LogP contribution is 2.27. The Labute approximate surface area is 186 Å². The molecule has 2 heterocycles. The maximum Gasteiger partial charge on any atom is 0.236 e. The number of carbonyl (C=O) groups excluding carboxylic acids is 1. The van der Waals surface area contributed by atoms with Crippen LogP contribution in [-0.2, 0) is 11.3 Å². The summed E-state index contributed by atoms with van der Waals surface area (Å²) >= 11 is 2.74. The fraction of sp³-hybridized carbons (Fsp3) is 0.238. The second-order valence-corrected chi connectivity index (χ2v) is 8.60. The van der Waals surface area contributed by atoms with Gasteiger partial charge in [-0.25, -0.2) is 9.37 Å². The minimum Gasteiger partial charge on any atom is -0.483 e. The van der Waals surface area contributed by atoms with Gasteiger partial charge < -0.3 is 14.6 Å². The molecule has 10 heteroatoms. The van der Waals surface area contributed by atoms with E-state index < -0.39 is 0 Å². The molecule has 7 nitrogen and oxygen atoms in total. The zero-order valence-electron chi connectivity index (χ0n) is 16.9. The Morgan fingerprint density at radius 2 is 2.00 bits per heavy atom. The van der Waals surface area contributed by atoms with E-state index in [1.807, 2.05) is 42.7 Å². The van der Waals surface area contributed by atoms with E-state index in [1.165, 1.54) is 35.2 Å². The lowest BCUT2D eigenvalue weighted by Crippen LogP contribution is -2.15. The number of fused-ring (bicyclic) bond motifs is 1. The molecule has 1 N–H and O–H groups in total. The second kappa shape index (κ2) is 9.44. The summed E-state index contributed by atoms with van der Waals surface area (Å²) in [4.78, 5) is 16.8. The predicted octanol–water partition coefficient (Wildman–Crippen LogP) is 4.92. The van der Waals surface area contributed by atoms with Crippen molar-refractivity contribution in [3.05, 3.63) is 60.2 Å². The molecule has 0 fully saturated rings. The Kier molecular flexibility index (Phi) is 6.47. The number of aromatic nitrogens is 4. The lowest BCUT2D eigenvalue weighted by Gasteiger charge is -2.15. The van der Waals surface area contributed by atoms with Gasteiger partial charge in [-0.1, -0.05) is 35.2 Å². The van der Waals surface area contributed by atoms with Crippen molar-refractivity contribution >= 4 is 44.4 Å². The third kappa shape index (κ3) is 5.02. The van der Waals surface area contributed by atoms with E-state index in [4.69, 9.17) is 4.74 Å². The second-order valence-electron chi connectivity index (χ2n) is 6.62. The normalized spacial score (nSPS) is 12.1. The van der Waals surface area contributed by atoms with E-state index in [9.17, 15) is 9.18 Å². The molecule has 0 aliphatic rings. The molecular formula is C21H20FN5O2S2. The minimum atomic E-state index is -0.385. The number of hydrogen-bond donors (Lipinski definition) is 1. The fourth-order valence-electron chi connectivity index (χ4n) is 2.99. The molecule has 1 amide bonds. The Balaban J connectivity index is 1.38. The van der Waals surface area contributed by atoms with E-state index in [0.717, 1.165) is 10.2 Å². The number of ether oxygens (including phenoxy) is 1. The molecule has 0 radical (unpaired) electrons. The SMILES string of the molecule is CCn1c(SCC(=O)Nc2nc3ccccc3s2)nnc1C(C)Oc1ccc(F)cc1. The van der Waals surface area contributed by atoms with Crippen molar-refractivity contribution < 1.29 is 13.9 Å². The number of halogens is 1. The van der Waals surface area contributed by atoms with Crippen LogP contribution in [0.3, 0.4) is 0 Å². The zero-order valence-corrected chi connectivity index (χ0v) is 18.5. The maximum absolute atomic E-state index is 13.1. The number of anilines is 1. The fourth-order valence-corrected chi connectivity index (χ4v) is 4.68. The molecule has 0 saturated carbocycles. The van der Waals surface area contributed by atoms with Crippen molar-refractivity contribution in [3.8, 4) is 5.75 Å². The first-order valence-electron chi connectivity index (χ1n) is 9.67. The first kappa shape index (κ1) is 21.3. The van der Waals surface area contributed by atoms with E-state index in [0.29, 0.717) is 28.4 Å². The summed E-state index contributed by atoms with van der Waals surface area (Å²) in [5, 5.41) is 12.5. The Bertz CT molecular complexity index is 1160. The van der Waals surface area contributed by atoms with Gasteiger partial charge in [-0.05, 0) is 50.2 Å². The van der Waals surface area contributed by atoms with Gasteiger partial charge >= 0.3 is 0 Å². The summed E-state index contributed by atoms with van der Waals surface area (Å²) in [7, 11) is 0. The largest absolute Gasteiger partial charge is 0.483 e. The van der Waals surface area contributed by atoms with Crippen LogP contribution in [0.1, 0.15) is 25.8 Å². The van der Waals surface area contributed by atoms with Crippen molar-refractivity contribution in [1.29, 1.82) is 0 Å². The summed E-state index contributed by atoms with van der Waals surface area (Å²) in [5.74, 6) is 0.887. The topological polar surface area (TPSA) is 81.9 Å². The molecule has 0 saturated heterocycles. The summed E-state index contributed by atoms with van der Waals surface area (Å²) < 4.78 is 21.9. The van der Waals surface area contributed by atoms with Crippen molar-refractivity contribution in [2.75, 3.05) is 11.1 Å². The number of thioether (sulfide) groups is 1. The van der Waals surface area contributed by atoms with Crippen molar-refractivity contribution in [2.24, 2.45) is 0 Å². The van der Waals surface area contributed by atoms with Gasteiger partial charge in [0.25, 0.3) is 0 Å². The third-order valence-corrected chi connectivity index (χ3v) is 6.34. The number of para-hydroxylation sites is 1. The number of thiazole rings is 1. The van der Waals surface area contributed by atoms with Crippen LogP contribution in [0.4, 0.5) is 9.52 Å². The molecule has 160 valence electrons. The van der Waals surface area contributed by atoms with E-state index in [2.05, 4.69) is 20.5 Å². The van der Waals surface area contributed by atoms with Crippen LogP contribution < -0.4 is 10.1 Å². The van der Waals surface area contributed by atoms with E-state index >= 15 is 0 Å². The number of benzene rings is 2. The predicted molar refractivity (Wildman–Crippen MR) is 120 cm³/mol. The molecular weight excluding hydrogens is 437 g/mol. The molecule has 0 bridgehead atoms. The third-order valence-electron chi connectivity index (χ3n) is 4.42. The Hall–Kier alpha value is -2.98. The van der Waals surface area contributed by atoms with Crippen LogP contribution in [0.15, 0.2) is 53.7 Å². The van der Waals surface area contributed by atoms with Crippen LogP contribution in [0.2, 0.25) is 0 Å². The Morgan fingerprint density at radius 1 is 1.23 bits per heavy atom. The Morgan fingerprint density at radius 3 is 2.74 bits per heavy atom. The van der Waals surface area contributed by atoms with Crippen LogP contribution in [0.5, 0.6) is 5.75 Å². The molecule has 4 rings (SSSR count). The minimum absolute atomic E-state index is 0.160. The molecule has 2 aromatic heterocycles. The van der Waals surface area contributed by atoms with Crippen molar-refractivity contribution in [3.63, 3.8) is 0 Å². The van der Waals surface area contributed by atoms with E-state index in [-0.39, 0.29) is 23.6 Å². The highest BCUT2D eigenvalue weighted by Gasteiger charge is 2.20. The number of carbonyl (C=O) groups is 1. The number of amides is 1. The number of nitrogens with zero attached hydrogens (tertiary/aromatic N) is 4. The van der Waals surface area contributed by atoms with Gasteiger partial charge in [0.05, 0.1) is 16.0 Å². The van der Waals surface area contributed by atoms with Crippen LogP contribution >= 0.6 is 23.1 Å². The molecule has 1 atom stereocenters. The standard InChI is InChI=1S/C21H20FN5O2S2/c1-3-27-19(13(2)29-15-10-8-14(22)9-11-15)25-26-21(27)30-12-18(28)24-20-23-16-6-4-5-7-17(16)31-20/h4-11,13H,3,12H2,1-2H3,(H,23,24,28). The smallest absolute Gasteiger partial charge is 0.236 e. The molecule has 0 spiro atoms. The van der Waals surface area contributed by atoms with Crippen molar-refractivity contribution in [1.82, 2.24) is 19.7 Å². The number of nitrogens with one attached hydrogen (secondary N) is 1. The monoisotopic (exact) mass is 457 g/mol. The van der Waals surface area contributed by atoms with Crippen LogP contribution in [-0.4, -0.2) is 31.4 Å². The molecule has 4 aromatic rings. The van der Waals surface area contributed by atoms with Crippen LogP contribution in [0, 0.1) is 5.82 Å². The number of rotatable bonds is 8. The van der Waals surface area contributed by atoms with Gasteiger partial charge in [-0.2, -0.15) is 0 Å². The summed E-state index contributed by atoms with van der Waals surface area (Å²) in [6.45, 7) is 4.46. The average molecular weight is 458 g/mol. The van der Waals surface area contributed by atoms with Gasteiger partial charge in [0.1, 0.15) is 11.6 Å². The first-order valence-corrected chi connectivity index (χ1v) is 11.5. The maximum atomic E-state index is 13.1. The highest BCUT2D eigenvalue weighted by atomic mass is 32.2. The average Bonchev–Trinajstić information content (AvgIpc) is 3.36. The molecule has 0 aliphatic carbocycles. The van der Waals surface area contributed by atoms with Crippen molar-refractivity contribution in [2.45, 2.75) is 31.7 Å². The highest BCUT2D eigenvalue weighted by molar-refractivity contribution is 7.99. The molecule has 0 aliphatic heterocycles. The summed E-state index contributed by atoms with van der Waals surface area (Å²) in [6, 6.07) is 13.6. The summed E-state index contributed by atoms with van der Waals surface area (Å²) in [6.07, 6.45) is -0.385. The first-order chi connectivity index (χ1) is 15.0. The molecule has 1 unspecified atom stereocenters. The van der Waals surface area contributed by atoms with E-state index in [1.54, 1.807) is 12.1 Å². The van der Waals surface area contributed by atoms with Gasteiger partial charge in [-0.15, -0.1) is 10.2 Å². The zero-order chi connectivity index (χ0) is 21.8. The molecule has 31 heavy (non-hydrogen) atoms. The van der Waals surface area contributed by atoms with Gasteiger partial charge in [0, 0.05) is 6.54 Å². The lowest BCUT2D eigenvalue weighted by atomic mass is 10.3.